The highest BCUT2D eigenvalue weighted by Crippen LogP contribution is 2.61. The molecule has 0 radical (unpaired) electrons. The summed E-state index contributed by atoms with van der Waals surface area (Å²) in [5.74, 6) is 1.75. The predicted molar refractivity (Wildman–Crippen MR) is 76.6 cm³/mol. The van der Waals surface area contributed by atoms with E-state index >= 15 is 0 Å². The Labute approximate surface area is 117 Å². The van der Waals surface area contributed by atoms with Gasteiger partial charge in [-0.1, -0.05) is 27.2 Å². The topological polar surface area (TPSA) is 32.3 Å². The van der Waals surface area contributed by atoms with Gasteiger partial charge in [0.05, 0.1) is 12.2 Å². The van der Waals surface area contributed by atoms with Crippen molar-refractivity contribution < 1.29 is 4.79 Å². The van der Waals surface area contributed by atoms with Crippen LogP contribution in [0, 0.1) is 17.3 Å². The van der Waals surface area contributed by atoms with Crippen LogP contribution >= 0.6 is 0 Å². The highest BCUT2D eigenvalue weighted by atomic mass is 16.2. The molecular weight excluding hydrogens is 236 g/mol. The molecule has 3 heteroatoms. The van der Waals surface area contributed by atoms with E-state index < -0.39 is 0 Å². The van der Waals surface area contributed by atoms with E-state index in [0.717, 1.165) is 25.3 Å². The maximum absolute atomic E-state index is 12.7. The number of hydrogen-bond acceptors (Lipinski definition) is 2. The second-order valence-electron chi connectivity index (χ2n) is 7.06. The lowest BCUT2D eigenvalue weighted by molar-refractivity contribution is -0.131. The van der Waals surface area contributed by atoms with Crippen LogP contribution in [0.3, 0.4) is 0 Å². The molecule has 2 saturated carbocycles. The summed E-state index contributed by atoms with van der Waals surface area (Å²) >= 11 is 0. The van der Waals surface area contributed by atoms with Gasteiger partial charge in [0.15, 0.2) is 0 Å². The van der Waals surface area contributed by atoms with Crippen molar-refractivity contribution in [2.24, 2.45) is 17.3 Å². The average molecular weight is 264 g/mol. The quantitative estimate of drug-likeness (QED) is 0.800. The van der Waals surface area contributed by atoms with E-state index in [1.807, 2.05) is 0 Å². The first-order valence-electron chi connectivity index (χ1n) is 8.18. The molecule has 1 amide bonds. The number of carbonyl (C=O) groups is 1. The molecule has 108 valence electrons. The van der Waals surface area contributed by atoms with Crippen molar-refractivity contribution in [3.05, 3.63) is 0 Å². The summed E-state index contributed by atoms with van der Waals surface area (Å²) in [7, 11) is 0. The van der Waals surface area contributed by atoms with Gasteiger partial charge >= 0.3 is 0 Å². The van der Waals surface area contributed by atoms with Crippen LogP contribution in [0.4, 0.5) is 0 Å². The first-order chi connectivity index (χ1) is 9.11. The molecule has 0 aromatic rings. The van der Waals surface area contributed by atoms with Crippen molar-refractivity contribution in [3.8, 4) is 0 Å². The van der Waals surface area contributed by atoms with Gasteiger partial charge < -0.3 is 4.90 Å². The molecule has 19 heavy (non-hydrogen) atoms. The molecule has 3 nitrogen and oxygen atoms in total. The average Bonchev–Trinajstić information content (AvgIpc) is 3.29. The standard InChI is InChI=1S/C16H28N2O/c1-4-11(3)14-15(19)18(13(5-2)17-14)10-16(8-9-16)12-6-7-12/h11-14,17H,4-10H2,1-3H3. The summed E-state index contributed by atoms with van der Waals surface area (Å²) in [6, 6.07) is 0.0601. The van der Waals surface area contributed by atoms with E-state index in [4.69, 9.17) is 0 Å². The van der Waals surface area contributed by atoms with Crippen molar-refractivity contribution in [3.63, 3.8) is 0 Å². The number of nitrogens with zero attached hydrogens (tertiary/aromatic N) is 1. The number of rotatable bonds is 6. The van der Waals surface area contributed by atoms with Crippen LogP contribution in [0.15, 0.2) is 0 Å². The van der Waals surface area contributed by atoms with Gasteiger partial charge in [0.2, 0.25) is 5.91 Å². The molecule has 1 aliphatic heterocycles. The third-order valence-electron chi connectivity index (χ3n) is 5.72. The predicted octanol–water partition coefficient (Wildman–Crippen LogP) is 2.76. The van der Waals surface area contributed by atoms with Crippen LogP contribution in [0.5, 0.6) is 0 Å². The fraction of sp³-hybridized carbons (Fsp3) is 0.938. The number of amides is 1. The smallest absolute Gasteiger partial charge is 0.241 e. The molecule has 1 N–H and O–H groups in total. The zero-order valence-electron chi connectivity index (χ0n) is 12.6. The van der Waals surface area contributed by atoms with Crippen LogP contribution in [-0.4, -0.2) is 29.6 Å². The molecular formula is C16H28N2O. The fourth-order valence-corrected chi connectivity index (χ4v) is 3.76. The minimum atomic E-state index is 0.0601. The summed E-state index contributed by atoms with van der Waals surface area (Å²) in [6.45, 7) is 7.58. The Bertz CT molecular complexity index is 360. The number of nitrogens with one attached hydrogen (secondary N) is 1. The summed E-state index contributed by atoms with van der Waals surface area (Å²) in [5, 5.41) is 3.58. The molecule has 2 aliphatic carbocycles. The van der Waals surface area contributed by atoms with Gasteiger partial charge in [0.25, 0.3) is 0 Å². The van der Waals surface area contributed by atoms with E-state index in [-0.39, 0.29) is 12.2 Å². The minimum Gasteiger partial charge on any atom is -0.325 e. The number of carbonyl (C=O) groups excluding carboxylic acids is 1. The Morgan fingerprint density at radius 3 is 2.53 bits per heavy atom. The zero-order chi connectivity index (χ0) is 13.6. The SMILES string of the molecule is CCC(C)C1NC(CC)N(CC2(C3CC3)CC2)C1=O. The van der Waals surface area contributed by atoms with E-state index in [2.05, 4.69) is 31.0 Å². The Morgan fingerprint density at radius 1 is 1.37 bits per heavy atom. The molecule has 0 aromatic heterocycles. The second kappa shape index (κ2) is 4.76. The van der Waals surface area contributed by atoms with E-state index in [1.54, 1.807) is 0 Å². The fourth-order valence-electron chi connectivity index (χ4n) is 3.76. The van der Waals surface area contributed by atoms with E-state index in [0.29, 0.717) is 17.2 Å². The summed E-state index contributed by atoms with van der Waals surface area (Å²) in [6.07, 6.45) is 7.89. The molecule has 0 bridgehead atoms. The summed E-state index contributed by atoms with van der Waals surface area (Å²) in [5.41, 5.74) is 0.523. The molecule has 3 rings (SSSR count). The molecule has 1 heterocycles. The zero-order valence-corrected chi connectivity index (χ0v) is 12.6. The lowest BCUT2D eigenvalue weighted by atomic mass is 9.97. The van der Waals surface area contributed by atoms with Crippen LogP contribution in [0.25, 0.3) is 0 Å². The molecule has 3 aliphatic rings. The molecule has 3 atom stereocenters. The van der Waals surface area contributed by atoms with Crippen LogP contribution in [0.2, 0.25) is 0 Å². The summed E-state index contributed by atoms with van der Waals surface area (Å²) < 4.78 is 0. The summed E-state index contributed by atoms with van der Waals surface area (Å²) in [4.78, 5) is 14.9. The minimum absolute atomic E-state index is 0.0601. The van der Waals surface area contributed by atoms with E-state index in [1.165, 1.54) is 25.7 Å². The van der Waals surface area contributed by atoms with Crippen molar-refractivity contribution in [1.29, 1.82) is 0 Å². The normalized spacial score (nSPS) is 34.7. The molecule has 3 fully saturated rings. The van der Waals surface area contributed by atoms with Crippen molar-refractivity contribution >= 4 is 5.91 Å². The van der Waals surface area contributed by atoms with Crippen molar-refractivity contribution in [1.82, 2.24) is 10.2 Å². The lowest BCUT2D eigenvalue weighted by Crippen LogP contribution is -2.41. The van der Waals surface area contributed by atoms with Crippen LogP contribution in [0.1, 0.15) is 59.3 Å². The number of hydrogen-bond donors (Lipinski definition) is 1. The Morgan fingerprint density at radius 2 is 2.05 bits per heavy atom. The maximum atomic E-state index is 12.7. The second-order valence-corrected chi connectivity index (χ2v) is 7.06. The molecule has 0 aromatic carbocycles. The first kappa shape index (κ1) is 13.4. The van der Waals surface area contributed by atoms with Crippen LogP contribution in [-0.2, 0) is 4.79 Å². The maximum Gasteiger partial charge on any atom is 0.241 e. The monoisotopic (exact) mass is 264 g/mol. The van der Waals surface area contributed by atoms with Gasteiger partial charge in [-0.25, -0.2) is 0 Å². The van der Waals surface area contributed by atoms with Crippen molar-refractivity contribution in [2.75, 3.05) is 6.54 Å². The Hall–Kier alpha value is -0.570. The largest absolute Gasteiger partial charge is 0.325 e. The van der Waals surface area contributed by atoms with Crippen molar-refractivity contribution in [2.45, 2.75) is 71.5 Å². The highest BCUT2D eigenvalue weighted by molar-refractivity contribution is 5.84. The molecule has 3 unspecified atom stereocenters. The molecule has 0 spiro atoms. The van der Waals surface area contributed by atoms with Crippen LogP contribution < -0.4 is 5.32 Å². The molecule has 1 saturated heterocycles. The van der Waals surface area contributed by atoms with E-state index in [9.17, 15) is 4.79 Å². The Kier molecular flexibility index (Phi) is 3.36. The van der Waals surface area contributed by atoms with Gasteiger partial charge in [0, 0.05) is 6.54 Å². The highest BCUT2D eigenvalue weighted by Gasteiger charge is 2.56. The van der Waals surface area contributed by atoms with Gasteiger partial charge in [-0.15, -0.1) is 0 Å². The lowest BCUT2D eigenvalue weighted by Gasteiger charge is -2.28. The van der Waals surface area contributed by atoms with Gasteiger partial charge in [-0.05, 0) is 49.4 Å². The van der Waals surface area contributed by atoms with Gasteiger partial charge in [-0.2, -0.15) is 0 Å². The first-order valence-corrected chi connectivity index (χ1v) is 8.18. The third-order valence-corrected chi connectivity index (χ3v) is 5.72. The van der Waals surface area contributed by atoms with Gasteiger partial charge in [0.1, 0.15) is 0 Å². The Balaban J connectivity index is 1.70. The third kappa shape index (κ3) is 2.31. The van der Waals surface area contributed by atoms with Gasteiger partial charge in [-0.3, -0.25) is 10.1 Å².